The third-order valence-electron chi connectivity index (χ3n) is 7.61. The van der Waals surface area contributed by atoms with Crippen molar-refractivity contribution in [3.63, 3.8) is 0 Å². The molecule has 0 bridgehead atoms. The van der Waals surface area contributed by atoms with Crippen LogP contribution in [0.3, 0.4) is 0 Å². The first kappa shape index (κ1) is 29.0. The van der Waals surface area contributed by atoms with Crippen LogP contribution in [0.5, 0.6) is 0 Å². The molecule has 1 aliphatic heterocycles. The zero-order valence-corrected chi connectivity index (χ0v) is 23.5. The number of amides is 1. The van der Waals surface area contributed by atoms with E-state index < -0.39 is 11.9 Å². The SMILES string of the molecule is CN(c1nccc(=O)n1COC(=O)CNC(=O)CN)C1CCN(c2nc3c(n2Cc2ccc(F)cc2)=CCCC=3)CC1. The molecule has 1 fully saturated rings. The normalized spacial score (nSPS) is 14.9. The van der Waals surface area contributed by atoms with Gasteiger partial charge < -0.3 is 30.2 Å². The van der Waals surface area contributed by atoms with Crippen molar-refractivity contribution in [2.75, 3.05) is 43.0 Å². The third kappa shape index (κ3) is 6.51. The third-order valence-corrected chi connectivity index (χ3v) is 7.61. The molecule has 1 aromatic carbocycles. The van der Waals surface area contributed by atoms with Crippen LogP contribution in [0.25, 0.3) is 12.2 Å². The maximum absolute atomic E-state index is 13.5. The van der Waals surface area contributed by atoms with Crippen LogP contribution in [-0.4, -0.2) is 70.2 Å². The van der Waals surface area contributed by atoms with Crippen molar-refractivity contribution in [2.45, 2.75) is 45.0 Å². The smallest absolute Gasteiger partial charge is 0.327 e. The van der Waals surface area contributed by atoms with E-state index in [0.29, 0.717) is 12.5 Å². The van der Waals surface area contributed by atoms with Crippen LogP contribution >= 0.6 is 0 Å². The Morgan fingerprint density at radius 3 is 2.60 bits per heavy atom. The number of ether oxygens (including phenoxy) is 1. The van der Waals surface area contributed by atoms with E-state index in [2.05, 4.69) is 31.9 Å². The van der Waals surface area contributed by atoms with Gasteiger partial charge in [0.2, 0.25) is 17.8 Å². The Morgan fingerprint density at radius 1 is 1.12 bits per heavy atom. The molecule has 13 heteroatoms. The maximum Gasteiger partial charge on any atom is 0.327 e. The number of esters is 1. The van der Waals surface area contributed by atoms with Crippen molar-refractivity contribution in [3.05, 3.63) is 69.0 Å². The lowest BCUT2D eigenvalue weighted by molar-refractivity contribution is -0.147. The summed E-state index contributed by atoms with van der Waals surface area (Å²) >= 11 is 0. The Hall–Kier alpha value is -4.52. The summed E-state index contributed by atoms with van der Waals surface area (Å²) in [5.41, 5.74) is 5.87. The van der Waals surface area contributed by atoms with Gasteiger partial charge in [-0.2, -0.15) is 0 Å². The van der Waals surface area contributed by atoms with Gasteiger partial charge in [0, 0.05) is 38.4 Å². The molecule has 3 heterocycles. The molecule has 1 amide bonds. The number of rotatable bonds is 10. The van der Waals surface area contributed by atoms with Crippen LogP contribution in [0.15, 0.2) is 41.3 Å². The molecule has 42 heavy (non-hydrogen) atoms. The monoisotopic (exact) mass is 578 g/mol. The summed E-state index contributed by atoms with van der Waals surface area (Å²) in [7, 11) is 1.87. The van der Waals surface area contributed by atoms with Gasteiger partial charge in [-0.25, -0.2) is 18.9 Å². The lowest BCUT2D eigenvalue weighted by Gasteiger charge is -2.38. The number of carbonyl (C=O) groups is 2. The number of aromatic nitrogens is 4. The van der Waals surface area contributed by atoms with E-state index in [-0.39, 0.29) is 37.2 Å². The highest BCUT2D eigenvalue weighted by molar-refractivity contribution is 5.82. The quantitative estimate of drug-likeness (QED) is 0.309. The fourth-order valence-corrected chi connectivity index (χ4v) is 5.32. The fourth-order valence-electron chi connectivity index (χ4n) is 5.32. The number of fused-ring (bicyclic) bond motifs is 1. The Kier molecular flexibility index (Phi) is 8.96. The summed E-state index contributed by atoms with van der Waals surface area (Å²) < 4.78 is 22.3. The standard InChI is InChI=1S/C29H35FN8O4/c1-35(28-32-13-10-26(40)38(28)19-42-27(41)17-33-25(39)16-31)22-11-14-36(15-12-22)29-34-23-4-2-3-5-24(23)37(29)18-20-6-8-21(30)9-7-20/h4-10,13,22H,2-3,11-12,14-19,31H2,1H3,(H,33,39). The largest absolute Gasteiger partial charge is 0.442 e. The number of nitrogens with zero attached hydrogens (tertiary/aromatic N) is 6. The molecular weight excluding hydrogens is 543 g/mol. The topological polar surface area (TPSA) is 141 Å². The van der Waals surface area contributed by atoms with Crippen molar-refractivity contribution in [2.24, 2.45) is 5.73 Å². The van der Waals surface area contributed by atoms with Gasteiger partial charge in [-0.15, -0.1) is 0 Å². The number of piperidine rings is 1. The van der Waals surface area contributed by atoms with Crippen molar-refractivity contribution in [3.8, 4) is 0 Å². The van der Waals surface area contributed by atoms with Gasteiger partial charge >= 0.3 is 5.97 Å². The zero-order chi connectivity index (χ0) is 29.6. The second-order valence-corrected chi connectivity index (χ2v) is 10.3. The van der Waals surface area contributed by atoms with Gasteiger partial charge in [-0.05, 0) is 43.4 Å². The van der Waals surface area contributed by atoms with Gasteiger partial charge in [-0.1, -0.05) is 24.3 Å². The highest BCUT2D eigenvalue weighted by Gasteiger charge is 2.28. The number of benzene rings is 1. The molecule has 0 atom stereocenters. The van der Waals surface area contributed by atoms with E-state index in [1.165, 1.54) is 29.0 Å². The summed E-state index contributed by atoms with van der Waals surface area (Å²) in [6.07, 6.45) is 9.30. The molecule has 12 nitrogen and oxygen atoms in total. The van der Waals surface area contributed by atoms with Crippen LogP contribution in [0.1, 0.15) is 31.2 Å². The van der Waals surface area contributed by atoms with Gasteiger partial charge in [0.1, 0.15) is 12.4 Å². The Morgan fingerprint density at radius 2 is 1.86 bits per heavy atom. The summed E-state index contributed by atoms with van der Waals surface area (Å²) in [4.78, 5) is 49.7. The molecule has 1 saturated heterocycles. The van der Waals surface area contributed by atoms with Crippen LogP contribution in [-0.2, 0) is 27.6 Å². The van der Waals surface area contributed by atoms with Crippen LogP contribution in [0, 0.1) is 5.82 Å². The maximum atomic E-state index is 13.5. The molecule has 0 spiro atoms. The Labute approximate surface area is 241 Å². The number of carbonyl (C=O) groups excluding carboxylic acids is 2. The van der Waals surface area contributed by atoms with E-state index in [1.807, 2.05) is 11.9 Å². The van der Waals surface area contributed by atoms with Gasteiger partial charge in [0.05, 0.1) is 23.8 Å². The first-order valence-electron chi connectivity index (χ1n) is 14.0. The number of anilines is 2. The lowest BCUT2D eigenvalue weighted by Crippen LogP contribution is -2.46. The minimum Gasteiger partial charge on any atom is -0.442 e. The summed E-state index contributed by atoms with van der Waals surface area (Å²) in [5.74, 6) is -0.153. The number of hydrogen-bond acceptors (Lipinski definition) is 9. The van der Waals surface area contributed by atoms with Crippen molar-refractivity contribution in [1.29, 1.82) is 0 Å². The highest BCUT2D eigenvalue weighted by atomic mass is 19.1. The molecule has 2 aromatic heterocycles. The second-order valence-electron chi connectivity index (χ2n) is 10.3. The van der Waals surface area contributed by atoms with Crippen molar-refractivity contribution >= 4 is 35.9 Å². The highest BCUT2D eigenvalue weighted by Crippen LogP contribution is 2.23. The average molecular weight is 579 g/mol. The summed E-state index contributed by atoms with van der Waals surface area (Å²) in [6.45, 7) is 1.16. The van der Waals surface area contributed by atoms with Crippen LogP contribution in [0.4, 0.5) is 16.3 Å². The first-order valence-corrected chi connectivity index (χ1v) is 14.0. The molecule has 1 aliphatic carbocycles. The van der Waals surface area contributed by atoms with Crippen LogP contribution in [0.2, 0.25) is 0 Å². The van der Waals surface area contributed by atoms with Gasteiger partial charge in [0.25, 0.3) is 5.56 Å². The Balaban J connectivity index is 1.28. The number of halogens is 1. The molecule has 0 radical (unpaired) electrons. The molecule has 0 saturated carbocycles. The summed E-state index contributed by atoms with van der Waals surface area (Å²) in [6, 6.07) is 7.95. The molecule has 3 N–H and O–H groups in total. The van der Waals surface area contributed by atoms with E-state index in [9.17, 15) is 18.8 Å². The average Bonchev–Trinajstić information content (AvgIpc) is 3.38. The van der Waals surface area contributed by atoms with Gasteiger partial charge in [-0.3, -0.25) is 14.4 Å². The van der Waals surface area contributed by atoms with Gasteiger partial charge in [0.15, 0.2) is 6.73 Å². The second kappa shape index (κ2) is 13.0. The number of hydrogen-bond donors (Lipinski definition) is 2. The number of nitrogens with one attached hydrogen (secondary N) is 1. The molecule has 222 valence electrons. The zero-order valence-electron chi connectivity index (χ0n) is 23.5. The van der Waals surface area contributed by atoms with E-state index in [4.69, 9.17) is 15.5 Å². The number of imidazole rings is 1. The summed E-state index contributed by atoms with van der Waals surface area (Å²) in [5, 5.41) is 4.41. The Bertz CT molecular complexity index is 1610. The first-order chi connectivity index (χ1) is 20.3. The van der Waals surface area contributed by atoms with Crippen molar-refractivity contribution in [1.82, 2.24) is 24.4 Å². The molecule has 0 unspecified atom stereocenters. The van der Waals surface area contributed by atoms with E-state index >= 15 is 0 Å². The predicted octanol–water partition coefficient (Wildman–Crippen LogP) is -0.337. The molecular formula is C29H35FN8O4. The van der Waals surface area contributed by atoms with Crippen molar-refractivity contribution < 1.29 is 18.7 Å². The lowest BCUT2D eigenvalue weighted by atomic mass is 10.0. The van der Waals surface area contributed by atoms with Crippen LogP contribution < -0.4 is 37.1 Å². The minimum absolute atomic E-state index is 0.0783. The minimum atomic E-state index is -0.692. The molecule has 5 rings (SSSR count). The van der Waals surface area contributed by atoms with E-state index in [0.717, 1.165) is 61.0 Å². The molecule has 3 aromatic rings. The predicted molar refractivity (Wildman–Crippen MR) is 155 cm³/mol. The number of nitrogens with two attached hydrogens (primary N) is 1. The molecule has 2 aliphatic rings. The van der Waals surface area contributed by atoms with E-state index in [1.54, 1.807) is 12.1 Å². The fraction of sp³-hybridized carbons (Fsp3) is 0.414.